The van der Waals surface area contributed by atoms with E-state index in [4.69, 9.17) is 0 Å². The molecule has 4 nitrogen and oxygen atoms in total. The van der Waals surface area contributed by atoms with Crippen LogP contribution in [-0.4, -0.2) is 10.7 Å². The summed E-state index contributed by atoms with van der Waals surface area (Å²) in [5.41, 5.74) is 0.718. The maximum absolute atomic E-state index is 11.2. The average Bonchev–Trinajstić information content (AvgIpc) is 2.39. The summed E-state index contributed by atoms with van der Waals surface area (Å²) in [4.78, 5) is 23.1. The third-order valence-corrected chi connectivity index (χ3v) is 3.62. The van der Waals surface area contributed by atoms with Crippen LogP contribution in [0.4, 0.5) is 5.69 Å². The zero-order valence-electron chi connectivity index (χ0n) is 10.2. The van der Waals surface area contributed by atoms with Crippen molar-refractivity contribution in [2.75, 3.05) is 0 Å². The van der Waals surface area contributed by atoms with Gasteiger partial charge in [0.1, 0.15) is 0 Å². The normalized spacial score (nSPS) is 10.2. The first kappa shape index (κ1) is 13.3. The molecule has 0 saturated carbocycles. The minimum atomic E-state index is -0.397. The number of benzene rings is 2. The quantitative estimate of drug-likeness (QED) is 0.481. The molecule has 0 fully saturated rings. The van der Waals surface area contributed by atoms with Crippen LogP contribution in [0.2, 0.25) is 0 Å². The fraction of sp³-hybridized carbons (Fsp3) is 0.0714. The van der Waals surface area contributed by atoms with E-state index in [1.54, 1.807) is 42.5 Å². The largest absolute Gasteiger partial charge is 0.295 e. The van der Waals surface area contributed by atoms with Gasteiger partial charge in [-0.3, -0.25) is 14.9 Å². The molecule has 0 aliphatic carbocycles. The molecule has 0 atom stereocenters. The second-order valence-corrected chi connectivity index (χ2v) is 5.02. The van der Waals surface area contributed by atoms with Crippen LogP contribution in [-0.2, 0) is 0 Å². The molecule has 5 heteroatoms. The summed E-state index contributed by atoms with van der Waals surface area (Å²) in [5.74, 6) is 0.00208. The summed E-state index contributed by atoms with van der Waals surface area (Å²) < 4.78 is 0. The van der Waals surface area contributed by atoms with E-state index >= 15 is 0 Å². The van der Waals surface area contributed by atoms with Crippen molar-refractivity contribution in [3.63, 3.8) is 0 Å². The van der Waals surface area contributed by atoms with Crippen molar-refractivity contribution in [1.29, 1.82) is 0 Å². The van der Waals surface area contributed by atoms with Gasteiger partial charge < -0.3 is 0 Å². The maximum atomic E-state index is 11.2. The van der Waals surface area contributed by atoms with Crippen LogP contribution in [0.15, 0.2) is 58.3 Å². The number of hydrogen-bond acceptors (Lipinski definition) is 4. The van der Waals surface area contributed by atoms with Crippen LogP contribution in [0.1, 0.15) is 17.3 Å². The van der Waals surface area contributed by atoms with E-state index in [0.717, 1.165) is 4.90 Å². The Morgan fingerprint density at radius 3 is 2.32 bits per heavy atom. The van der Waals surface area contributed by atoms with Crippen LogP contribution in [0, 0.1) is 10.1 Å². The summed E-state index contributed by atoms with van der Waals surface area (Å²) in [6.45, 7) is 1.50. The molecule has 2 aromatic rings. The number of nitrogens with zero attached hydrogens (tertiary/aromatic N) is 1. The number of nitro benzene ring substituents is 1. The summed E-state index contributed by atoms with van der Waals surface area (Å²) in [7, 11) is 0. The molecule has 19 heavy (non-hydrogen) atoms. The molecule has 0 aliphatic rings. The fourth-order valence-corrected chi connectivity index (χ4v) is 2.50. The van der Waals surface area contributed by atoms with Gasteiger partial charge in [-0.1, -0.05) is 36.0 Å². The molecule has 2 rings (SSSR count). The van der Waals surface area contributed by atoms with Crippen molar-refractivity contribution in [2.45, 2.75) is 16.7 Å². The third kappa shape index (κ3) is 3.20. The van der Waals surface area contributed by atoms with Gasteiger partial charge in [0.15, 0.2) is 5.78 Å². The summed E-state index contributed by atoms with van der Waals surface area (Å²) in [6, 6.07) is 13.6. The number of rotatable bonds is 4. The van der Waals surface area contributed by atoms with Gasteiger partial charge in [-0.2, -0.15) is 0 Å². The monoisotopic (exact) mass is 273 g/mol. The highest BCUT2D eigenvalue weighted by Gasteiger charge is 2.13. The van der Waals surface area contributed by atoms with Gasteiger partial charge in [0, 0.05) is 16.5 Å². The zero-order valence-corrected chi connectivity index (χ0v) is 11.0. The molecule has 0 bridgehead atoms. The van der Waals surface area contributed by atoms with Crippen molar-refractivity contribution in [3.05, 3.63) is 64.2 Å². The second kappa shape index (κ2) is 5.67. The highest BCUT2D eigenvalue weighted by atomic mass is 32.2. The minimum Gasteiger partial charge on any atom is -0.295 e. The van der Waals surface area contributed by atoms with Crippen LogP contribution in [0.5, 0.6) is 0 Å². The van der Waals surface area contributed by atoms with Gasteiger partial charge in [0.05, 0.1) is 9.82 Å². The topological polar surface area (TPSA) is 60.2 Å². The minimum absolute atomic E-state index is 0.00208. The Balaban J connectivity index is 2.26. The Labute approximate surface area is 114 Å². The highest BCUT2D eigenvalue weighted by Crippen LogP contribution is 2.34. The number of nitro groups is 1. The van der Waals surface area contributed by atoms with Crippen molar-refractivity contribution < 1.29 is 9.72 Å². The molecule has 0 heterocycles. The number of hydrogen-bond donors (Lipinski definition) is 0. The highest BCUT2D eigenvalue weighted by molar-refractivity contribution is 7.99. The standard InChI is InChI=1S/C14H11NO3S/c1-10(16)11-6-8-12(9-7-11)19-14-5-3-2-4-13(14)15(17)18/h2-9H,1H3. The van der Waals surface area contributed by atoms with E-state index in [0.29, 0.717) is 10.5 Å². The molecular weight excluding hydrogens is 262 g/mol. The van der Waals surface area contributed by atoms with E-state index in [1.807, 2.05) is 0 Å². The van der Waals surface area contributed by atoms with Crippen LogP contribution >= 0.6 is 11.8 Å². The molecule has 0 radical (unpaired) electrons. The smallest absolute Gasteiger partial charge is 0.283 e. The number of Topliss-reactive ketones (excluding diaryl/α,β-unsaturated/α-hetero) is 1. The lowest BCUT2D eigenvalue weighted by Gasteiger charge is -2.03. The van der Waals surface area contributed by atoms with Crippen LogP contribution in [0.3, 0.4) is 0 Å². The third-order valence-electron chi connectivity index (χ3n) is 2.55. The van der Waals surface area contributed by atoms with E-state index < -0.39 is 4.92 Å². The first-order valence-corrected chi connectivity index (χ1v) is 6.42. The molecule has 0 N–H and O–H groups in total. The first-order chi connectivity index (χ1) is 9.08. The van der Waals surface area contributed by atoms with E-state index in [2.05, 4.69) is 0 Å². The molecule has 0 aliphatic heterocycles. The van der Waals surface area contributed by atoms with Gasteiger partial charge in [0.25, 0.3) is 5.69 Å². The molecule has 2 aromatic carbocycles. The molecule has 96 valence electrons. The average molecular weight is 273 g/mol. The Hall–Kier alpha value is -2.14. The summed E-state index contributed by atoms with van der Waals surface area (Å²) >= 11 is 1.31. The van der Waals surface area contributed by atoms with Crippen LogP contribution < -0.4 is 0 Å². The van der Waals surface area contributed by atoms with Crippen molar-refractivity contribution in [1.82, 2.24) is 0 Å². The lowest BCUT2D eigenvalue weighted by atomic mass is 10.2. The zero-order chi connectivity index (χ0) is 13.8. The van der Waals surface area contributed by atoms with Gasteiger partial charge in [-0.25, -0.2) is 0 Å². The molecule has 0 unspecified atom stereocenters. The molecular formula is C14H11NO3S. The van der Waals surface area contributed by atoms with Crippen molar-refractivity contribution in [3.8, 4) is 0 Å². The van der Waals surface area contributed by atoms with E-state index in [9.17, 15) is 14.9 Å². The predicted molar refractivity (Wildman–Crippen MR) is 73.7 cm³/mol. The Bertz CT molecular complexity index is 623. The SMILES string of the molecule is CC(=O)c1ccc(Sc2ccccc2[N+](=O)[O-])cc1. The van der Waals surface area contributed by atoms with Gasteiger partial charge in [-0.15, -0.1) is 0 Å². The molecule has 0 saturated heterocycles. The first-order valence-electron chi connectivity index (χ1n) is 5.60. The number of para-hydroxylation sites is 1. The molecule has 0 amide bonds. The Morgan fingerprint density at radius 2 is 1.74 bits per heavy atom. The van der Waals surface area contributed by atoms with Crippen molar-refractivity contribution >= 4 is 23.2 Å². The number of carbonyl (C=O) groups excluding carboxylic acids is 1. The maximum Gasteiger partial charge on any atom is 0.283 e. The fourth-order valence-electron chi connectivity index (χ4n) is 1.58. The Kier molecular flexibility index (Phi) is 3.97. The summed E-state index contributed by atoms with van der Waals surface area (Å²) in [6.07, 6.45) is 0. The molecule has 0 spiro atoms. The van der Waals surface area contributed by atoms with Gasteiger partial charge >= 0.3 is 0 Å². The van der Waals surface area contributed by atoms with Gasteiger partial charge in [0.2, 0.25) is 0 Å². The predicted octanol–water partition coefficient (Wildman–Crippen LogP) is 3.95. The van der Waals surface area contributed by atoms with Gasteiger partial charge in [-0.05, 0) is 25.1 Å². The summed E-state index contributed by atoms with van der Waals surface area (Å²) in [5, 5.41) is 10.9. The second-order valence-electron chi connectivity index (χ2n) is 3.91. The number of ketones is 1. The van der Waals surface area contributed by atoms with Crippen LogP contribution in [0.25, 0.3) is 0 Å². The lowest BCUT2D eigenvalue weighted by molar-refractivity contribution is -0.387. The van der Waals surface area contributed by atoms with E-state index in [1.165, 1.54) is 24.8 Å². The number of carbonyl (C=O) groups is 1. The molecule has 0 aromatic heterocycles. The van der Waals surface area contributed by atoms with Crippen molar-refractivity contribution in [2.24, 2.45) is 0 Å². The lowest BCUT2D eigenvalue weighted by Crippen LogP contribution is -1.91. The Morgan fingerprint density at radius 1 is 1.11 bits per heavy atom. The van der Waals surface area contributed by atoms with E-state index in [-0.39, 0.29) is 11.5 Å².